The van der Waals surface area contributed by atoms with Crippen LogP contribution in [0, 0.1) is 0 Å². The number of phenolic OH excluding ortho intramolecular Hbond substituents is 3. The molecule has 24 heavy (non-hydrogen) atoms. The number of phenols is 3. The van der Waals surface area contributed by atoms with E-state index in [-0.39, 0.29) is 29.6 Å². The molecule has 2 aromatic carbocycles. The van der Waals surface area contributed by atoms with Gasteiger partial charge in [-0.15, -0.1) is 0 Å². The molecule has 6 heteroatoms. The number of ether oxygens (including phenoxy) is 2. The highest BCUT2D eigenvalue weighted by Crippen LogP contribution is 2.45. The van der Waals surface area contributed by atoms with Gasteiger partial charge in [0.05, 0.1) is 13.7 Å². The molecule has 0 saturated carbocycles. The first kappa shape index (κ1) is 17.9. The molecule has 2 aromatic rings. The summed E-state index contributed by atoms with van der Waals surface area (Å²) in [6.45, 7) is 0.396. The molecule has 0 saturated heterocycles. The monoisotopic (exact) mass is 334 g/mol. The first-order chi connectivity index (χ1) is 11.5. The Kier molecular flexibility index (Phi) is 5.89. The summed E-state index contributed by atoms with van der Waals surface area (Å²) in [5.41, 5.74) is 2.24. The van der Waals surface area contributed by atoms with Crippen LogP contribution in [0.25, 0.3) is 11.1 Å². The summed E-state index contributed by atoms with van der Waals surface area (Å²) < 4.78 is 10.3. The highest BCUT2D eigenvalue weighted by Gasteiger charge is 2.18. The molecule has 0 aromatic heterocycles. The van der Waals surface area contributed by atoms with E-state index in [1.165, 1.54) is 13.2 Å². The molecule has 130 valence electrons. The summed E-state index contributed by atoms with van der Waals surface area (Å²) in [5.74, 6) is -0.461. The second-order valence-electron chi connectivity index (χ2n) is 5.42. The predicted molar refractivity (Wildman–Crippen MR) is 89.8 cm³/mol. The number of methoxy groups -OCH3 is 2. The van der Waals surface area contributed by atoms with Crippen molar-refractivity contribution < 1.29 is 29.9 Å². The molecule has 0 atom stereocenters. The Labute approximate surface area is 140 Å². The number of rotatable bonds is 7. The molecule has 0 bridgehead atoms. The Morgan fingerprint density at radius 2 is 1.46 bits per heavy atom. The van der Waals surface area contributed by atoms with Gasteiger partial charge in [0, 0.05) is 24.8 Å². The summed E-state index contributed by atoms with van der Waals surface area (Å²) in [7, 11) is 3.01. The van der Waals surface area contributed by atoms with E-state index in [9.17, 15) is 15.3 Å². The van der Waals surface area contributed by atoms with Gasteiger partial charge in [-0.1, -0.05) is 0 Å². The van der Waals surface area contributed by atoms with Crippen molar-refractivity contribution in [2.45, 2.75) is 12.8 Å². The van der Waals surface area contributed by atoms with E-state index in [4.69, 9.17) is 14.6 Å². The van der Waals surface area contributed by atoms with Crippen LogP contribution < -0.4 is 4.74 Å². The lowest BCUT2D eigenvalue weighted by atomic mass is 9.96. The van der Waals surface area contributed by atoms with Gasteiger partial charge in [-0.25, -0.2) is 0 Å². The van der Waals surface area contributed by atoms with Crippen molar-refractivity contribution in [2.75, 3.05) is 27.4 Å². The third-order valence-corrected chi connectivity index (χ3v) is 3.77. The smallest absolute Gasteiger partial charge is 0.168 e. The minimum Gasteiger partial charge on any atom is -0.504 e. The van der Waals surface area contributed by atoms with Crippen molar-refractivity contribution in [1.82, 2.24) is 0 Å². The van der Waals surface area contributed by atoms with Crippen LogP contribution in [-0.2, 0) is 17.6 Å². The molecular weight excluding hydrogens is 312 g/mol. The fraction of sp³-hybridized carbons (Fsp3) is 0.333. The van der Waals surface area contributed by atoms with Gasteiger partial charge in [-0.05, 0) is 48.2 Å². The maximum atomic E-state index is 10.2. The van der Waals surface area contributed by atoms with E-state index >= 15 is 0 Å². The molecule has 6 nitrogen and oxygen atoms in total. The molecule has 0 unspecified atom stereocenters. The van der Waals surface area contributed by atoms with Crippen molar-refractivity contribution in [1.29, 1.82) is 0 Å². The van der Waals surface area contributed by atoms with Crippen LogP contribution in [-0.4, -0.2) is 47.9 Å². The van der Waals surface area contributed by atoms with Gasteiger partial charge in [-0.2, -0.15) is 0 Å². The average molecular weight is 334 g/mol. The average Bonchev–Trinajstić information content (AvgIpc) is 2.55. The quantitative estimate of drug-likeness (QED) is 0.579. The fourth-order valence-electron chi connectivity index (χ4n) is 2.61. The maximum Gasteiger partial charge on any atom is 0.168 e. The van der Waals surface area contributed by atoms with Crippen molar-refractivity contribution in [3.05, 3.63) is 35.4 Å². The number of aliphatic hydroxyl groups is 1. The zero-order valence-corrected chi connectivity index (χ0v) is 13.7. The Bertz CT molecular complexity index is 711. The molecule has 2 rings (SSSR count). The van der Waals surface area contributed by atoms with Gasteiger partial charge in [0.25, 0.3) is 0 Å². The Balaban J connectivity index is 2.63. The second-order valence-corrected chi connectivity index (χ2v) is 5.42. The highest BCUT2D eigenvalue weighted by atomic mass is 16.5. The summed E-state index contributed by atoms with van der Waals surface area (Å²) in [6, 6.07) is 6.41. The number of benzene rings is 2. The summed E-state index contributed by atoms with van der Waals surface area (Å²) in [6.07, 6.45) is 0.905. The molecule has 0 heterocycles. The molecule has 0 aliphatic carbocycles. The number of hydrogen-bond donors (Lipinski definition) is 4. The topological polar surface area (TPSA) is 99.4 Å². The summed E-state index contributed by atoms with van der Waals surface area (Å²) >= 11 is 0. The standard InChI is InChI=1S/C18H22O6/c1-23-6-4-12-8-14(18(24-2)16(21)10-12)13-7-11(3-5-19)9-15(20)17(13)22/h7-10,19-22H,3-6H2,1-2H3. The van der Waals surface area contributed by atoms with Gasteiger partial charge < -0.3 is 29.9 Å². The summed E-state index contributed by atoms with van der Waals surface area (Å²) in [5, 5.41) is 39.5. The molecule has 0 aliphatic rings. The zero-order valence-electron chi connectivity index (χ0n) is 13.7. The summed E-state index contributed by atoms with van der Waals surface area (Å²) in [4.78, 5) is 0. The van der Waals surface area contributed by atoms with Crippen molar-refractivity contribution in [3.63, 3.8) is 0 Å². The van der Waals surface area contributed by atoms with E-state index in [2.05, 4.69) is 0 Å². The zero-order chi connectivity index (χ0) is 17.7. The van der Waals surface area contributed by atoms with Crippen molar-refractivity contribution >= 4 is 0 Å². The lowest BCUT2D eigenvalue weighted by Crippen LogP contribution is -1.98. The van der Waals surface area contributed by atoms with Gasteiger partial charge in [0.2, 0.25) is 0 Å². The van der Waals surface area contributed by atoms with E-state index in [0.717, 1.165) is 5.56 Å². The van der Waals surface area contributed by atoms with E-state index in [1.54, 1.807) is 25.3 Å². The van der Waals surface area contributed by atoms with Crippen LogP contribution in [0.2, 0.25) is 0 Å². The molecule has 4 N–H and O–H groups in total. The molecular formula is C18H22O6. The molecule has 0 amide bonds. The third-order valence-electron chi connectivity index (χ3n) is 3.77. The number of aliphatic hydroxyl groups excluding tert-OH is 1. The third kappa shape index (κ3) is 3.72. The lowest BCUT2D eigenvalue weighted by molar-refractivity contribution is 0.202. The Morgan fingerprint density at radius 1 is 0.833 bits per heavy atom. The Hall–Kier alpha value is -2.44. The molecule has 0 fully saturated rings. The van der Waals surface area contributed by atoms with Crippen LogP contribution in [0.4, 0.5) is 0 Å². The number of hydrogen-bond acceptors (Lipinski definition) is 6. The van der Waals surface area contributed by atoms with E-state index < -0.39 is 0 Å². The van der Waals surface area contributed by atoms with Gasteiger partial charge in [0.1, 0.15) is 0 Å². The maximum absolute atomic E-state index is 10.2. The lowest BCUT2D eigenvalue weighted by Gasteiger charge is -2.16. The van der Waals surface area contributed by atoms with Gasteiger partial charge >= 0.3 is 0 Å². The fourth-order valence-corrected chi connectivity index (χ4v) is 2.61. The van der Waals surface area contributed by atoms with Crippen LogP contribution in [0.5, 0.6) is 23.0 Å². The first-order valence-corrected chi connectivity index (χ1v) is 7.56. The highest BCUT2D eigenvalue weighted by molar-refractivity contribution is 5.81. The SMILES string of the molecule is COCCc1cc(O)c(OC)c(-c2cc(CCO)cc(O)c2O)c1. The van der Waals surface area contributed by atoms with Crippen LogP contribution >= 0.6 is 0 Å². The van der Waals surface area contributed by atoms with Crippen LogP contribution in [0.15, 0.2) is 24.3 Å². The number of aromatic hydroxyl groups is 3. The largest absolute Gasteiger partial charge is 0.504 e. The minimum atomic E-state index is -0.307. The first-order valence-electron chi connectivity index (χ1n) is 7.56. The predicted octanol–water partition coefficient (Wildman–Crippen LogP) is 2.20. The normalized spacial score (nSPS) is 10.8. The van der Waals surface area contributed by atoms with E-state index in [0.29, 0.717) is 36.1 Å². The molecule has 0 radical (unpaired) electrons. The minimum absolute atomic E-state index is 0.0624. The molecule has 0 spiro atoms. The van der Waals surface area contributed by atoms with Crippen LogP contribution in [0.1, 0.15) is 11.1 Å². The van der Waals surface area contributed by atoms with Gasteiger partial charge in [-0.3, -0.25) is 0 Å². The second kappa shape index (κ2) is 7.90. The molecule has 0 aliphatic heterocycles. The van der Waals surface area contributed by atoms with E-state index in [1.807, 2.05) is 0 Å². The Morgan fingerprint density at radius 3 is 2.08 bits per heavy atom. The van der Waals surface area contributed by atoms with Crippen molar-refractivity contribution in [3.8, 4) is 34.1 Å². The van der Waals surface area contributed by atoms with Crippen molar-refractivity contribution in [2.24, 2.45) is 0 Å². The van der Waals surface area contributed by atoms with Gasteiger partial charge in [0.15, 0.2) is 23.0 Å². The van der Waals surface area contributed by atoms with Crippen LogP contribution in [0.3, 0.4) is 0 Å².